The third-order valence-corrected chi connectivity index (χ3v) is 1.38. The summed E-state index contributed by atoms with van der Waals surface area (Å²) in [4.78, 5) is 10.5. The van der Waals surface area contributed by atoms with Crippen LogP contribution < -0.4 is 5.32 Å². The van der Waals surface area contributed by atoms with Crippen LogP contribution in [0.5, 0.6) is 0 Å². The van der Waals surface area contributed by atoms with Gasteiger partial charge in [0.2, 0.25) is 5.91 Å². The first-order valence-corrected chi connectivity index (χ1v) is 2.83. The summed E-state index contributed by atoms with van der Waals surface area (Å²) in [6.07, 6.45) is -0.586. The molecule has 2 atom stereocenters. The first kappa shape index (κ1) is 6.51. The van der Waals surface area contributed by atoms with Crippen LogP contribution in [-0.4, -0.2) is 34.9 Å². The van der Waals surface area contributed by atoms with Gasteiger partial charge in [-0.1, -0.05) is 0 Å². The summed E-state index contributed by atoms with van der Waals surface area (Å²) in [5.74, 6) is -0.381. The molecular formula is C5H9NO3. The summed E-state index contributed by atoms with van der Waals surface area (Å²) in [6.45, 7) is -0.0944. The number of carbonyl (C=O) groups is 1. The Kier molecular flexibility index (Phi) is 1.68. The zero-order chi connectivity index (χ0) is 6.85. The molecule has 1 fully saturated rings. The molecule has 1 amide bonds. The lowest BCUT2D eigenvalue weighted by atomic mass is 10.2. The smallest absolute Gasteiger partial charge is 0.249 e. The lowest BCUT2D eigenvalue weighted by Gasteiger charge is -2.01. The van der Waals surface area contributed by atoms with Crippen molar-refractivity contribution in [1.29, 1.82) is 0 Å². The number of aliphatic hydroxyl groups excluding tert-OH is 2. The normalized spacial score (nSPS) is 34.7. The van der Waals surface area contributed by atoms with Crippen molar-refractivity contribution in [2.75, 3.05) is 6.61 Å². The Labute approximate surface area is 52.5 Å². The minimum atomic E-state index is -0.915. The Balaban J connectivity index is 2.44. The van der Waals surface area contributed by atoms with Gasteiger partial charge in [0, 0.05) is 6.42 Å². The first-order valence-electron chi connectivity index (χ1n) is 2.83. The van der Waals surface area contributed by atoms with Crippen molar-refractivity contribution in [3.8, 4) is 0 Å². The molecule has 0 radical (unpaired) electrons. The lowest BCUT2D eigenvalue weighted by Crippen LogP contribution is -2.29. The van der Waals surface area contributed by atoms with Gasteiger partial charge in [0.05, 0.1) is 12.6 Å². The Bertz CT molecular complexity index is 125. The maximum Gasteiger partial charge on any atom is 0.249 e. The van der Waals surface area contributed by atoms with Crippen LogP contribution in [0.25, 0.3) is 0 Å². The fraction of sp³-hybridized carbons (Fsp3) is 0.800. The molecule has 1 saturated heterocycles. The zero-order valence-electron chi connectivity index (χ0n) is 4.87. The highest BCUT2D eigenvalue weighted by molar-refractivity contribution is 5.83. The van der Waals surface area contributed by atoms with Crippen molar-refractivity contribution in [1.82, 2.24) is 5.32 Å². The van der Waals surface area contributed by atoms with E-state index in [1.165, 1.54) is 0 Å². The van der Waals surface area contributed by atoms with Gasteiger partial charge in [-0.05, 0) is 0 Å². The van der Waals surface area contributed by atoms with E-state index in [0.717, 1.165) is 0 Å². The molecule has 4 nitrogen and oxygen atoms in total. The molecule has 4 heteroatoms. The topological polar surface area (TPSA) is 69.6 Å². The molecule has 0 unspecified atom stereocenters. The predicted octanol–water partition coefficient (Wildman–Crippen LogP) is -1.77. The Morgan fingerprint density at radius 1 is 1.78 bits per heavy atom. The minimum absolute atomic E-state index is 0.0944. The van der Waals surface area contributed by atoms with E-state index in [1.807, 2.05) is 0 Å². The van der Waals surface area contributed by atoms with Gasteiger partial charge in [-0.15, -0.1) is 0 Å². The molecule has 0 spiro atoms. The minimum Gasteiger partial charge on any atom is -0.394 e. The van der Waals surface area contributed by atoms with Crippen molar-refractivity contribution >= 4 is 5.91 Å². The number of rotatable bonds is 1. The van der Waals surface area contributed by atoms with E-state index in [-0.39, 0.29) is 18.6 Å². The number of carbonyl (C=O) groups excluding carboxylic acids is 1. The fourth-order valence-electron chi connectivity index (χ4n) is 0.853. The lowest BCUT2D eigenvalue weighted by molar-refractivity contribution is -0.126. The van der Waals surface area contributed by atoms with Crippen LogP contribution in [0.3, 0.4) is 0 Å². The molecule has 1 heterocycles. The van der Waals surface area contributed by atoms with Crippen LogP contribution in [0.1, 0.15) is 6.42 Å². The van der Waals surface area contributed by atoms with E-state index in [1.54, 1.807) is 0 Å². The highest BCUT2D eigenvalue weighted by Crippen LogP contribution is 2.05. The number of nitrogens with one attached hydrogen (secondary N) is 1. The van der Waals surface area contributed by atoms with Crippen molar-refractivity contribution in [2.45, 2.75) is 18.6 Å². The van der Waals surface area contributed by atoms with Crippen LogP contribution in [0.15, 0.2) is 0 Å². The average molecular weight is 131 g/mol. The molecule has 1 aliphatic rings. The fourth-order valence-corrected chi connectivity index (χ4v) is 0.853. The number of amides is 1. The van der Waals surface area contributed by atoms with Crippen LogP contribution in [0, 0.1) is 0 Å². The van der Waals surface area contributed by atoms with Gasteiger partial charge in [-0.3, -0.25) is 4.79 Å². The van der Waals surface area contributed by atoms with Crippen molar-refractivity contribution in [3.05, 3.63) is 0 Å². The van der Waals surface area contributed by atoms with Gasteiger partial charge in [0.1, 0.15) is 6.10 Å². The molecule has 9 heavy (non-hydrogen) atoms. The highest BCUT2D eigenvalue weighted by Gasteiger charge is 2.28. The third-order valence-electron chi connectivity index (χ3n) is 1.38. The van der Waals surface area contributed by atoms with Gasteiger partial charge in [0.15, 0.2) is 0 Å². The van der Waals surface area contributed by atoms with E-state index in [0.29, 0.717) is 6.42 Å². The Morgan fingerprint density at radius 2 is 2.44 bits per heavy atom. The van der Waals surface area contributed by atoms with Gasteiger partial charge < -0.3 is 15.5 Å². The van der Waals surface area contributed by atoms with Crippen molar-refractivity contribution in [3.63, 3.8) is 0 Å². The molecule has 0 aliphatic carbocycles. The standard InChI is InChI=1S/C5H9NO3/c7-2-3-1-4(8)5(9)6-3/h3-4,7-8H,1-2H2,(H,6,9)/t3-,4-/m0/s1. The molecule has 1 rings (SSSR count). The average Bonchev–Trinajstić information content (AvgIpc) is 2.13. The number of hydrogen-bond donors (Lipinski definition) is 3. The zero-order valence-corrected chi connectivity index (χ0v) is 4.87. The van der Waals surface area contributed by atoms with Crippen molar-refractivity contribution < 1.29 is 15.0 Å². The maximum atomic E-state index is 10.5. The van der Waals surface area contributed by atoms with E-state index in [4.69, 9.17) is 10.2 Å². The SMILES string of the molecule is O=C1N[C@H](CO)C[C@@H]1O. The van der Waals surface area contributed by atoms with Crippen molar-refractivity contribution in [2.24, 2.45) is 0 Å². The predicted molar refractivity (Wildman–Crippen MR) is 29.6 cm³/mol. The Hall–Kier alpha value is -0.610. The molecule has 0 saturated carbocycles. The van der Waals surface area contributed by atoms with E-state index >= 15 is 0 Å². The first-order chi connectivity index (χ1) is 4.24. The Morgan fingerprint density at radius 3 is 2.67 bits per heavy atom. The molecule has 0 aromatic rings. The molecule has 0 aromatic heterocycles. The maximum absolute atomic E-state index is 10.5. The van der Waals surface area contributed by atoms with Crippen LogP contribution in [0.4, 0.5) is 0 Å². The molecule has 52 valence electrons. The molecule has 3 N–H and O–H groups in total. The van der Waals surface area contributed by atoms with Gasteiger partial charge in [-0.2, -0.15) is 0 Å². The molecule has 0 bridgehead atoms. The quantitative estimate of drug-likeness (QED) is 0.394. The molecule has 0 aromatic carbocycles. The van der Waals surface area contributed by atoms with Gasteiger partial charge in [-0.25, -0.2) is 0 Å². The summed E-state index contributed by atoms with van der Waals surface area (Å²) in [6, 6.07) is -0.243. The molecule has 1 aliphatic heterocycles. The number of hydrogen-bond acceptors (Lipinski definition) is 3. The summed E-state index contributed by atoms with van der Waals surface area (Å²) in [5.41, 5.74) is 0. The van der Waals surface area contributed by atoms with Crippen LogP contribution >= 0.6 is 0 Å². The van der Waals surface area contributed by atoms with Gasteiger partial charge >= 0.3 is 0 Å². The van der Waals surface area contributed by atoms with Gasteiger partial charge in [0.25, 0.3) is 0 Å². The van der Waals surface area contributed by atoms with E-state index in [9.17, 15) is 4.79 Å². The van der Waals surface area contributed by atoms with Crippen LogP contribution in [0.2, 0.25) is 0 Å². The highest BCUT2D eigenvalue weighted by atomic mass is 16.3. The molecular weight excluding hydrogens is 122 g/mol. The summed E-state index contributed by atoms with van der Waals surface area (Å²) < 4.78 is 0. The van der Waals surface area contributed by atoms with E-state index < -0.39 is 6.10 Å². The summed E-state index contributed by atoms with van der Waals surface area (Å²) in [7, 11) is 0. The number of aliphatic hydroxyl groups is 2. The second kappa shape index (κ2) is 2.33. The largest absolute Gasteiger partial charge is 0.394 e. The second-order valence-corrected chi connectivity index (χ2v) is 2.14. The van der Waals surface area contributed by atoms with E-state index in [2.05, 4.69) is 5.32 Å². The summed E-state index contributed by atoms with van der Waals surface area (Å²) in [5, 5.41) is 19.7. The summed E-state index contributed by atoms with van der Waals surface area (Å²) >= 11 is 0. The second-order valence-electron chi connectivity index (χ2n) is 2.14. The third kappa shape index (κ3) is 1.20. The van der Waals surface area contributed by atoms with Crippen LogP contribution in [-0.2, 0) is 4.79 Å². The monoisotopic (exact) mass is 131 g/mol.